The van der Waals surface area contributed by atoms with E-state index in [1.165, 1.54) is 7.11 Å². The molecular weight excluding hydrogens is 366 g/mol. The van der Waals surface area contributed by atoms with Crippen molar-refractivity contribution in [3.8, 4) is 0 Å². The summed E-state index contributed by atoms with van der Waals surface area (Å²) in [4.78, 5) is 11.6. The number of hydrazone groups is 1. The van der Waals surface area contributed by atoms with Gasteiger partial charge in [-0.3, -0.25) is 0 Å². The summed E-state index contributed by atoms with van der Waals surface area (Å²) in [6, 6.07) is 9.10. The summed E-state index contributed by atoms with van der Waals surface area (Å²) in [6.07, 6.45) is -0.778. The molecule has 1 rings (SSSR count). The Morgan fingerprint density at radius 3 is 2.40 bits per heavy atom. The van der Waals surface area contributed by atoms with Crippen LogP contribution in [0.2, 0.25) is 0 Å². The van der Waals surface area contributed by atoms with Crippen molar-refractivity contribution in [2.45, 2.75) is 3.12 Å². The first-order valence-electron chi connectivity index (χ1n) is 5.20. The number of hydrogen-bond acceptors (Lipinski definition) is 4. The minimum Gasteiger partial charge on any atom is -0.451 e. The fraction of sp³-hybridized carbons (Fsp3) is 0.273. The molecule has 1 amide bonds. The van der Waals surface area contributed by atoms with Crippen molar-refractivity contribution < 1.29 is 9.53 Å². The van der Waals surface area contributed by atoms with E-state index in [1.54, 1.807) is 12.1 Å². The van der Waals surface area contributed by atoms with Gasteiger partial charge >= 0.3 is 6.09 Å². The van der Waals surface area contributed by atoms with Gasteiger partial charge in [-0.25, -0.2) is 4.79 Å². The van der Waals surface area contributed by atoms with Gasteiger partial charge in [-0.2, -0.15) is 5.10 Å². The molecule has 20 heavy (non-hydrogen) atoms. The van der Waals surface area contributed by atoms with Crippen molar-refractivity contribution in [3.63, 3.8) is 0 Å². The second-order valence-corrected chi connectivity index (χ2v) is 7.69. The average Bonchev–Trinajstić information content (AvgIpc) is 2.42. The number of benzene rings is 1. The van der Waals surface area contributed by atoms with Crippen molar-refractivity contribution in [2.75, 3.05) is 13.0 Å². The SMILES string of the molecule is COC(=O)N(N=C(CCl)c1ccccc1)SC(Cl)(Cl)Cl. The molecular formula is C11H10Cl4N2O2S. The molecule has 9 heteroatoms. The lowest BCUT2D eigenvalue weighted by Crippen LogP contribution is -2.24. The molecule has 0 aliphatic rings. The summed E-state index contributed by atoms with van der Waals surface area (Å²) in [5, 5.41) is 4.07. The van der Waals surface area contributed by atoms with E-state index in [-0.39, 0.29) is 5.88 Å². The molecule has 4 nitrogen and oxygen atoms in total. The van der Waals surface area contributed by atoms with Crippen LogP contribution in [0.25, 0.3) is 0 Å². The third-order valence-corrected chi connectivity index (χ3v) is 3.45. The Bertz CT molecular complexity index is 479. The molecule has 0 bridgehead atoms. The first-order valence-corrected chi connectivity index (χ1v) is 7.64. The topological polar surface area (TPSA) is 41.9 Å². The van der Waals surface area contributed by atoms with Crippen LogP contribution in [0, 0.1) is 0 Å². The van der Waals surface area contributed by atoms with Gasteiger partial charge in [0.25, 0.3) is 3.12 Å². The summed E-state index contributed by atoms with van der Waals surface area (Å²) in [5.41, 5.74) is 1.20. The summed E-state index contributed by atoms with van der Waals surface area (Å²) < 4.78 is 3.67. The van der Waals surface area contributed by atoms with E-state index in [0.717, 1.165) is 9.98 Å². The van der Waals surface area contributed by atoms with Gasteiger partial charge in [-0.15, -0.1) is 16.0 Å². The van der Waals surface area contributed by atoms with Gasteiger partial charge < -0.3 is 4.74 Å². The van der Waals surface area contributed by atoms with Crippen molar-refractivity contribution in [1.29, 1.82) is 0 Å². The van der Waals surface area contributed by atoms with Crippen LogP contribution in [0.1, 0.15) is 5.56 Å². The number of carbonyl (C=O) groups is 1. The van der Waals surface area contributed by atoms with Crippen LogP contribution in [-0.2, 0) is 4.74 Å². The zero-order chi connectivity index (χ0) is 15.2. The Morgan fingerprint density at radius 1 is 1.35 bits per heavy atom. The summed E-state index contributed by atoms with van der Waals surface area (Å²) >= 11 is 23.4. The van der Waals surface area contributed by atoms with Crippen LogP contribution in [0.5, 0.6) is 0 Å². The lowest BCUT2D eigenvalue weighted by atomic mass is 10.1. The molecule has 1 aromatic rings. The fourth-order valence-corrected chi connectivity index (χ4v) is 2.46. The zero-order valence-corrected chi connectivity index (χ0v) is 14.1. The Kier molecular flexibility index (Phi) is 7.26. The molecule has 0 unspecified atom stereocenters. The quantitative estimate of drug-likeness (QED) is 0.332. The Balaban J connectivity index is 3.06. The van der Waals surface area contributed by atoms with Crippen LogP contribution in [0.3, 0.4) is 0 Å². The number of methoxy groups -OCH3 is 1. The molecule has 0 spiro atoms. The number of halogens is 4. The van der Waals surface area contributed by atoms with E-state index < -0.39 is 9.22 Å². The molecule has 0 heterocycles. The van der Waals surface area contributed by atoms with Crippen molar-refractivity contribution >= 4 is 70.2 Å². The van der Waals surface area contributed by atoms with Gasteiger partial charge in [-0.05, 0) is 5.56 Å². The standard InChI is InChI=1S/C11H10Cl4N2O2S/c1-19-10(18)17(20-11(13,14)15)16-9(7-12)8-5-3-2-4-6-8/h2-6H,7H2,1H3. The van der Waals surface area contributed by atoms with Crippen LogP contribution >= 0.6 is 58.4 Å². The molecule has 0 aliphatic carbocycles. The highest BCUT2D eigenvalue weighted by Gasteiger charge is 2.29. The molecule has 0 aromatic heterocycles. The normalized spacial score (nSPS) is 12.2. The van der Waals surface area contributed by atoms with E-state index in [4.69, 9.17) is 46.4 Å². The van der Waals surface area contributed by atoms with E-state index in [9.17, 15) is 4.79 Å². The molecule has 0 fully saturated rings. The lowest BCUT2D eigenvalue weighted by Gasteiger charge is -2.19. The van der Waals surface area contributed by atoms with Crippen molar-refractivity contribution in [3.05, 3.63) is 35.9 Å². The second-order valence-electron chi connectivity index (χ2n) is 3.33. The summed E-state index contributed by atoms with van der Waals surface area (Å²) in [7, 11) is 1.20. The van der Waals surface area contributed by atoms with Gasteiger partial charge in [0.2, 0.25) is 0 Å². The largest absolute Gasteiger partial charge is 0.451 e. The van der Waals surface area contributed by atoms with Gasteiger partial charge in [0, 0.05) is 11.9 Å². The maximum absolute atomic E-state index is 11.6. The third-order valence-electron chi connectivity index (χ3n) is 1.97. The Labute approximate surface area is 141 Å². The monoisotopic (exact) mass is 374 g/mol. The Hall–Kier alpha value is -0.330. The van der Waals surface area contributed by atoms with E-state index in [1.807, 2.05) is 18.2 Å². The van der Waals surface area contributed by atoms with E-state index >= 15 is 0 Å². The maximum Gasteiger partial charge on any atom is 0.440 e. The van der Waals surface area contributed by atoms with Crippen LogP contribution in [0.15, 0.2) is 35.4 Å². The molecule has 0 atom stereocenters. The summed E-state index contributed by atoms with van der Waals surface area (Å²) in [5.74, 6) is 0.0813. The molecule has 1 aromatic carbocycles. The highest BCUT2D eigenvalue weighted by atomic mass is 35.6. The maximum atomic E-state index is 11.6. The zero-order valence-electron chi connectivity index (χ0n) is 10.2. The highest BCUT2D eigenvalue weighted by Crippen LogP contribution is 2.41. The predicted molar refractivity (Wildman–Crippen MR) is 85.8 cm³/mol. The minimum atomic E-state index is -1.76. The average molecular weight is 376 g/mol. The lowest BCUT2D eigenvalue weighted by molar-refractivity contribution is 0.153. The predicted octanol–water partition coefficient (Wildman–Crippen LogP) is 4.67. The first-order chi connectivity index (χ1) is 9.37. The number of nitrogens with zero attached hydrogens (tertiary/aromatic N) is 2. The van der Waals surface area contributed by atoms with Crippen LogP contribution in [0.4, 0.5) is 4.79 Å². The smallest absolute Gasteiger partial charge is 0.440 e. The molecule has 0 radical (unpaired) electrons. The second kappa shape index (κ2) is 8.20. The number of amides is 1. The van der Waals surface area contributed by atoms with Crippen molar-refractivity contribution in [2.24, 2.45) is 5.10 Å². The number of rotatable bonds is 4. The van der Waals surface area contributed by atoms with Crippen LogP contribution in [-0.4, -0.2) is 32.3 Å². The Morgan fingerprint density at radius 2 is 1.95 bits per heavy atom. The molecule has 0 N–H and O–H groups in total. The number of hydrogen-bond donors (Lipinski definition) is 0. The minimum absolute atomic E-state index is 0.0813. The number of alkyl halides is 4. The van der Waals surface area contributed by atoms with Crippen molar-refractivity contribution in [1.82, 2.24) is 4.41 Å². The van der Waals surface area contributed by atoms with Gasteiger partial charge in [0.05, 0.1) is 18.7 Å². The number of ether oxygens (including phenoxy) is 1. The highest BCUT2D eigenvalue weighted by molar-refractivity contribution is 8.03. The van der Waals surface area contributed by atoms with E-state index in [0.29, 0.717) is 17.7 Å². The number of carbonyl (C=O) groups excluding carboxylic acids is 1. The van der Waals surface area contributed by atoms with Gasteiger partial charge in [0.15, 0.2) is 0 Å². The molecule has 0 saturated carbocycles. The molecule has 110 valence electrons. The third kappa shape index (κ3) is 5.97. The molecule has 0 aliphatic heterocycles. The van der Waals surface area contributed by atoms with Gasteiger partial charge in [0.1, 0.15) is 0 Å². The van der Waals surface area contributed by atoms with Crippen LogP contribution < -0.4 is 0 Å². The fourth-order valence-electron chi connectivity index (χ4n) is 1.18. The van der Waals surface area contributed by atoms with Gasteiger partial charge in [-0.1, -0.05) is 65.1 Å². The first kappa shape index (κ1) is 17.7. The molecule has 0 saturated heterocycles. The summed E-state index contributed by atoms with van der Waals surface area (Å²) in [6.45, 7) is 0. The van der Waals surface area contributed by atoms with E-state index in [2.05, 4.69) is 9.84 Å².